The van der Waals surface area contributed by atoms with Gasteiger partial charge < -0.3 is 10.5 Å². The summed E-state index contributed by atoms with van der Waals surface area (Å²) in [7, 11) is 0. The Balaban J connectivity index is 1.77. The van der Waals surface area contributed by atoms with Crippen molar-refractivity contribution in [2.75, 3.05) is 12.3 Å². The van der Waals surface area contributed by atoms with Gasteiger partial charge in [-0.15, -0.1) is 0 Å². The number of benzene rings is 2. The lowest BCUT2D eigenvalue weighted by molar-refractivity contribution is 0.106. The normalized spacial score (nSPS) is 13.1. The summed E-state index contributed by atoms with van der Waals surface area (Å²) < 4.78 is 5.10. The van der Waals surface area contributed by atoms with E-state index < -0.39 is 0 Å². The van der Waals surface area contributed by atoms with Crippen molar-refractivity contribution in [3.63, 3.8) is 0 Å². The summed E-state index contributed by atoms with van der Waals surface area (Å²) >= 11 is 0. The van der Waals surface area contributed by atoms with Gasteiger partial charge in [-0.1, -0.05) is 36.4 Å². The molecule has 2 N–H and O–H groups in total. The van der Waals surface area contributed by atoms with Gasteiger partial charge in [-0.05, 0) is 23.8 Å². The van der Waals surface area contributed by atoms with Crippen LogP contribution in [0.3, 0.4) is 0 Å². The van der Waals surface area contributed by atoms with Crippen molar-refractivity contribution >= 4 is 22.8 Å². The molecule has 0 atom stereocenters. The van der Waals surface area contributed by atoms with Crippen LogP contribution in [0.15, 0.2) is 42.5 Å². The molecule has 25 heavy (non-hydrogen) atoms. The number of rotatable bonds is 2. The highest BCUT2D eigenvalue weighted by Gasteiger charge is 2.29. The Labute approximate surface area is 145 Å². The number of hydrogen-bond acceptors (Lipinski definition) is 5. The predicted molar refractivity (Wildman–Crippen MR) is 95.7 cm³/mol. The van der Waals surface area contributed by atoms with Crippen molar-refractivity contribution in [3.05, 3.63) is 53.7 Å². The average Bonchev–Trinajstić information content (AvgIpc) is 3.05. The van der Waals surface area contributed by atoms with Gasteiger partial charge in [-0.25, -0.2) is 14.8 Å². The number of carbonyl (C=O) groups excluding carboxylic acids is 1. The number of carbonyl (C=O) groups is 1. The third-order valence-electron chi connectivity index (χ3n) is 4.35. The predicted octanol–water partition coefficient (Wildman–Crippen LogP) is 3.35. The summed E-state index contributed by atoms with van der Waals surface area (Å²) in [5, 5.41) is 2.30. The van der Waals surface area contributed by atoms with Gasteiger partial charge in [0.2, 0.25) is 5.95 Å². The molecule has 1 aromatic heterocycles. The van der Waals surface area contributed by atoms with E-state index in [4.69, 9.17) is 10.5 Å². The Morgan fingerprint density at radius 3 is 2.76 bits per heavy atom. The Morgan fingerprint density at radius 1 is 1.16 bits per heavy atom. The maximum absolute atomic E-state index is 12.0. The van der Waals surface area contributed by atoms with Gasteiger partial charge in [0.1, 0.15) is 0 Å². The molecule has 0 bridgehead atoms. The summed E-state index contributed by atoms with van der Waals surface area (Å²) in [5.41, 5.74) is 9.36. The largest absolute Gasteiger partial charge is 0.450 e. The standard InChI is InChI=1S/C19H18N4O2/c1-2-25-19(24)23-10-15-16(11-23)21-18(20)22-17(15)14-8-7-12-5-3-4-6-13(12)9-14/h3-9H,2,10-11H2,1H3,(H2,20,21,22). The Hall–Kier alpha value is -3.15. The van der Waals surface area contributed by atoms with Gasteiger partial charge in [-0.3, -0.25) is 4.90 Å². The zero-order valence-electron chi connectivity index (χ0n) is 13.9. The van der Waals surface area contributed by atoms with Crippen molar-refractivity contribution in [3.8, 4) is 11.3 Å². The summed E-state index contributed by atoms with van der Waals surface area (Å²) in [6.07, 6.45) is -0.344. The lowest BCUT2D eigenvalue weighted by atomic mass is 10.0. The zero-order chi connectivity index (χ0) is 17.4. The molecule has 0 saturated heterocycles. The number of anilines is 1. The zero-order valence-corrected chi connectivity index (χ0v) is 13.9. The maximum Gasteiger partial charge on any atom is 0.410 e. The Bertz CT molecular complexity index is 971. The monoisotopic (exact) mass is 334 g/mol. The van der Waals surface area contributed by atoms with E-state index in [0.29, 0.717) is 19.7 Å². The SMILES string of the molecule is CCOC(=O)N1Cc2nc(N)nc(-c3ccc4ccccc4c3)c2C1. The van der Waals surface area contributed by atoms with E-state index in [-0.39, 0.29) is 12.0 Å². The van der Waals surface area contributed by atoms with E-state index >= 15 is 0 Å². The van der Waals surface area contributed by atoms with Crippen LogP contribution in [0, 0.1) is 0 Å². The number of nitrogens with two attached hydrogens (primary N) is 1. The number of aromatic nitrogens is 2. The molecule has 4 rings (SSSR count). The second-order valence-electron chi connectivity index (χ2n) is 5.97. The van der Waals surface area contributed by atoms with Crippen LogP contribution in [-0.2, 0) is 17.8 Å². The molecule has 3 aromatic rings. The van der Waals surface area contributed by atoms with E-state index in [1.54, 1.807) is 11.8 Å². The van der Waals surface area contributed by atoms with Gasteiger partial charge in [-0.2, -0.15) is 0 Å². The van der Waals surface area contributed by atoms with Crippen LogP contribution in [0.4, 0.5) is 10.7 Å². The molecule has 6 heteroatoms. The lowest BCUT2D eigenvalue weighted by Gasteiger charge is -2.14. The van der Waals surface area contributed by atoms with Crippen LogP contribution < -0.4 is 5.73 Å². The molecule has 126 valence electrons. The molecule has 0 unspecified atom stereocenters. The molecule has 0 spiro atoms. The van der Waals surface area contributed by atoms with Gasteiger partial charge in [0, 0.05) is 11.1 Å². The topological polar surface area (TPSA) is 81.3 Å². The Morgan fingerprint density at radius 2 is 1.96 bits per heavy atom. The van der Waals surface area contributed by atoms with E-state index in [1.165, 1.54) is 0 Å². The highest BCUT2D eigenvalue weighted by Crippen LogP contribution is 2.32. The van der Waals surface area contributed by atoms with Gasteiger partial charge in [0.15, 0.2) is 0 Å². The second kappa shape index (κ2) is 6.05. The summed E-state index contributed by atoms with van der Waals surface area (Å²) in [6, 6.07) is 14.3. The average molecular weight is 334 g/mol. The minimum absolute atomic E-state index is 0.215. The molecule has 0 saturated carbocycles. The number of nitrogens with zero attached hydrogens (tertiary/aromatic N) is 3. The number of hydrogen-bond donors (Lipinski definition) is 1. The Kier molecular flexibility index (Phi) is 3.72. The van der Waals surface area contributed by atoms with Crippen LogP contribution in [0.2, 0.25) is 0 Å². The molecule has 1 aliphatic heterocycles. The summed E-state index contributed by atoms with van der Waals surface area (Å²) in [5.74, 6) is 0.215. The smallest absolute Gasteiger partial charge is 0.410 e. The highest BCUT2D eigenvalue weighted by molar-refractivity contribution is 5.87. The van der Waals surface area contributed by atoms with E-state index in [0.717, 1.165) is 33.3 Å². The van der Waals surface area contributed by atoms with Crippen molar-refractivity contribution in [2.45, 2.75) is 20.0 Å². The maximum atomic E-state index is 12.0. The van der Waals surface area contributed by atoms with Crippen molar-refractivity contribution < 1.29 is 9.53 Å². The minimum atomic E-state index is -0.344. The molecule has 6 nitrogen and oxygen atoms in total. The van der Waals surface area contributed by atoms with Crippen LogP contribution in [0.1, 0.15) is 18.2 Å². The van der Waals surface area contributed by atoms with Crippen LogP contribution in [0.25, 0.3) is 22.0 Å². The van der Waals surface area contributed by atoms with Crippen LogP contribution in [0.5, 0.6) is 0 Å². The molecular weight excluding hydrogens is 316 g/mol. The molecule has 2 heterocycles. The molecule has 1 amide bonds. The number of ether oxygens (including phenoxy) is 1. The molecular formula is C19H18N4O2. The van der Waals surface area contributed by atoms with Crippen LogP contribution >= 0.6 is 0 Å². The minimum Gasteiger partial charge on any atom is -0.450 e. The third kappa shape index (κ3) is 2.76. The molecule has 0 radical (unpaired) electrons. The second-order valence-corrected chi connectivity index (χ2v) is 5.97. The van der Waals surface area contributed by atoms with E-state index in [9.17, 15) is 4.79 Å². The molecule has 2 aromatic carbocycles. The summed E-state index contributed by atoms with van der Waals surface area (Å²) in [4.78, 5) is 22.4. The number of fused-ring (bicyclic) bond motifs is 2. The van der Waals surface area contributed by atoms with Crippen molar-refractivity contribution in [2.24, 2.45) is 0 Å². The first-order chi connectivity index (χ1) is 12.2. The third-order valence-corrected chi connectivity index (χ3v) is 4.35. The van der Waals surface area contributed by atoms with Crippen LogP contribution in [-0.4, -0.2) is 27.6 Å². The lowest BCUT2D eigenvalue weighted by Crippen LogP contribution is -2.26. The fourth-order valence-corrected chi connectivity index (χ4v) is 3.19. The quantitative estimate of drug-likeness (QED) is 0.777. The van der Waals surface area contributed by atoms with Crippen molar-refractivity contribution in [1.29, 1.82) is 0 Å². The van der Waals surface area contributed by atoms with E-state index in [1.807, 2.05) is 18.2 Å². The molecule has 0 fully saturated rings. The number of nitrogen functional groups attached to an aromatic ring is 1. The van der Waals surface area contributed by atoms with Crippen molar-refractivity contribution in [1.82, 2.24) is 14.9 Å². The fraction of sp³-hybridized carbons (Fsp3) is 0.211. The first-order valence-electron chi connectivity index (χ1n) is 8.22. The highest BCUT2D eigenvalue weighted by atomic mass is 16.6. The van der Waals surface area contributed by atoms with Gasteiger partial charge >= 0.3 is 6.09 Å². The molecule has 1 aliphatic rings. The van der Waals surface area contributed by atoms with Gasteiger partial charge in [0.25, 0.3) is 0 Å². The van der Waals surface area contributed by atoms with E-state index in [2.05, 4.69) is 34.2 Å². The number of amides is 1. The summed E-state index contributed by atoms with van der Waals surface area (Å²) in [6.45, 7) is 2.95. The molecule has 0 aliphatic carbocycles. The first kappa shape index (κ1) is 15.4. The fourth-order valence-electron chi connectivity index (χ4n) is 3.19. The van der Waals surface area contributed by atoms with Gasteiger partial charge in [0.05, 0.1) is 31.1 Å². The first-order valence-corrected chi connectivity index (χ1v) is 8.22.